The van der Waals surface area contributed by atoms with Crippen molar-refractivity contribution in [3.63, 3.8) is 0 Å². The number of rotatable bonds is 11. The van der Waals surface area contributed by atoms with Gasteiger partial charge in [0.15, 0.2) is 0 Å². The lowest BCUT2D eigenvalue weighted by molar-refractivity contribution is -0.149. The van der Waals surface area contributed by atoms with Crippen molar-refractivity contribution in [2.75, 3.05) is 24.6 Å². The smallest absolute Gasteiger partial charge is 0.247 e. The molecule has 3 aliphatic rings. The average molecular weight is 582 g/mol. The van der Waals surface area contributed by atoms with Gasteiger partial charge in [-0.05, 0) is 51.2 Å². The maximum absolute atomic E-state index is 14.8. The summed E-state index contributed by atoms with van der Waals surface area (Å²) < 4.78 is -0.763. The standard InChI is InChI=1S/C33H47N3O4S/c1-9-17-34(23-15-13-12-14-16-23)29(38)26-25-19-22(5)33(41-25)27(26)30(39)36(24(20-37)21(4)11-3)28(33)31(40)35(18-10-2)32(6,7)8/h9-10,12-16,21-22,24-28,37H,1-2,11,17-20H2,3-8H3/t21-,22?,24-,25-,26+,27-,28?,33?/m0/s1. The lowest BCUT2D eigenvalue weighted by atomic mass is 9.65. The second-order valence-electron chi connectivity index (χ2n) is 12.9. The number of hydrogen-bond donors (Lipinski definition) is 1. The average Bonchev–Trinajstić information content (AvgIpc) is 3.53. The molecule has 3 aliphatic heterocycles. The highest BCUT2D eigenvalue weighted by Crippen LogP contribution is 2.69. The van der Waals surface area contributed by atoms with E-state index in [0.717, 1.165) is 18.5 Å². The minimum Gasteiger partial charge on any atom is -0.394 e. The van der Waals surface area contributed by atoms with Crippen LogP contribution in [-0.4, -0.2) is 79.9 Å². The molecule has 3 heterocycles. The summed E-state index contributed by atoms with van der Waals surface area (Å²) in [5.41, 5.74) is 0.257. The second kappa shape index (κ2) is 12.0. The molecule has 1 aromatic rings. The number of aliphatic hydroxyl groups is 1. The first-order chi connectivity index (χ1) is 19.4. The van der Waals surface area contributed by atoms with Gasteiger partial charge in [-0.2, -0.15) is 0 Å². The van der Waals surface area contributed by atoms with E-state index in [1.165, 1.54) is 0 Å². The maximum atomic E-state index is 14.8. The molecule has 0 saturated carbocycles. The van der Waals surface area contributed by atoms with Crippen molar-refractivity contribution in [2.24, 2.45) is 23.7 Å². The Kier molecular flexibility index (Phi) is 9.15. The van der Waals surface area contributed by atoms with Crippen LogP contribution in [0.1, 0.15) is 54.4 Å². The van der Waals surface area contributed by atoms with E-state index in [4.69, 9.17) is 0 Å². The number of hydrogen-bond acceptors (Lipinski definition) is 5. The molecule has 4 rings (SSSR count). The van der Waals surface area contributed by atoms with Crippen LogP contribution in [0.4, 0.5) is 5.69 Å². The van der Waals surface area contributed by atoms with Crippen LogP contribution in [0.2, 0.25) is 0 Å². The number of thioether (sulfide) groups is 1. The molecule has 0 radical (unpaired) electrons. The minimum absolute atomic E-state index is 0.0230. The number of para-hydroxylation sites is 1. The third-order valence-electron chi connectivity index (χ3n) is 9.58. The van der Waals surface area contributed by atoms with Crippen molar-refractivity contribution in [3.8, 4) is 0 Å². The Morgan fingerprint density at radius 1 is 1.17 bits per heavy atom. The molecule has 224 valence electrons. The molecule has 8 heteroatoms. The number of carbonyl (C=O) groups excluding carboxylic acids is 3. The molecule has 3 saturated heterocycles. The fraction of sp³-hybridized carbons (Fsp3) is 0.606. The zero-order chi connectivity index (χ0) is 30.3. The summed E-state index contributed by atoms with van der Waals surface area (Å²) in [7, 11) is 0. The van der Waals surface area contributed by atoms with Crippen LogP contribution in [-0.2, 0) is 14.4 Å². The Hall–Kier alpha value is -2.58. The van der Waals surface area contributed by atoms with E-state index in [9.17, 15) is 19.5 Å². The second-order valence-corrected chi connectivity index (χ2v) is 14.5. The Labute approximate surface area is 250 Å². The van der Waals surface area contributed by atoms with E-state index in [0.29, 0.717) is 13.1 Å². The van der Waals surface area contributed by atoms with Crippen LogP contribution in [0.3, 0.4) is 0 Å². The Morgan fingerprint density at radius 2 is 1.80 bits per heavy atom. The molecule has 7 nitrogen and oxygen atoms in total. The fourth-order valence-corrected chi connectivity index (χ4v) is 9.80. The Balaban J connectivity index is 1.87. The highest BCUT2D eigenvalue weighted by atomic mass is 32.2. The van der Waals surface area contributed by atoms with Gasteiger partial charge in [0, 0.05) is 29.6 Å². The van der Waals surface area contributed by atoms with Gasteiger partial charge in [-0.1, -0.05) is 57.5 Å². The van der Waals surface area contributed by atoms with Crippen LogP contribution >= 0.6 is 11.8 Å². The molecule has 3 fully saturated rings. The molecule has 0 aliphatic carbocycles. The quantitative estimate of drug-likeness (QED) is 0.381. The summed E-state index contributed by atoms with van der Waals surface area (Å²) in [6.45, 7) is 20.4. The Morgan fingerprint density at radius 3 is 2.34 bits per heavy atom. The molecule has 0 aromatic heterocycles. The SMILES string of the molecule is C=CCN(C(=O)[C@@H]1[C@@H]2CC(C)C3(S2)C(C(=O)N(CC=C)C(C)(C)C)N([C@@H](CO)[C@@H](C)CC)C(=O)[C@H]13)c1ccccc1. The van der Waals surface area contributed by atoms with Gasteiger partial charge in [-0.15, -0.1) is 24.9 Å². The van der Waals surface area contributed by atoms with E-state index in [-0.39, 0.29) is 41.4 Å². The summed E-state index contributed by atoms with van der Waals surface area (Å²) >= 11 is 1.67. The highest BCUT2D eigenvalue weighted by Gasteiger charge is 2.77. The van der Waals surface area contributed by atoms with Gasteiger partial charge >= 0.3 is 0 Å². The molecule has 3 unspecified atom stereocenters. The van der Waals surface area contributed by atoms with Crippen LogP contribution < -0.4 is 4.90 Å². The summed E-state index contributed by atoms with van der Waals surface area (Å²) in [6.07, 6.45) is 4.93. The number of fused-ring (bicyclic) bond motifs is 1. The van der Waals surface area contributed by atoms with E-state index in [1.54, 1.807) is 38.6 Å². The molecule has 8 atom stereocenters. The van der Waals surface area contributed by atoms with Gasteiger partial charge in [-0.25, -0.2) is 0 Å². The van der Waals surface area contributed by atoms with Crippen molar-refractivity contribution < 1.29 is 19.5 Å². The molecular weight excluding hydrogens is 534 g/mol. The number of amides is 3. The van der Waals surface area contributed by atoms with Crippen molar-refractivity contribution >= 4 is 35.2 Å². The van der Waals surface area contributed by atoms with E-state index in [1.807, 2.05) is 65.0 Å². The van der Waals surface area contributed by atoms with Crippen molar-refractivity contribution in [1.29, 1.82) is 0 Å². The number of likely N-dealkylation sites (tertiary alicyclic amines) is 1. The monoisotopic (exact) mass is 581 g/mol. The van der Waals surface area contributed by atoms with Crippen molar-refractivity contribution in [3.05, 3.63) is 55.6 Å². The van der Waals surface area contributed by atoms with Gasteiger partial charge in [0.25, 0.3) is 0 Å². The number of anilines is 1. The zero-order valence-corrected chi connectivity index (χ0v) is 26.3. The molecule has 1 aromatic carbocycles. The summed E-state index contributed by atoms with van der Waals surface area (Å²) in [6, 6.07) is 8.20. The largest absolute Gasteiger partial charge is 0.394 e. The van der Waals surface area contributed by atoms with Gasteiger partial charge in [0.05, 0.1) is 29.2 Å². The predicted octanol–water partition coefficient (Wildman–Crippen LogP) is 4.76. The maximum Gasteiger partial charge on any atom is 0.247 e. The molecule has 1 spiro atoms. The van der Waals surface area contributed by atoms with Crippen molar-refractivity contribution in [2.45, 2.75) is 82.0 Å². The van der Waals surface area contributed by atoms with Gasteiger partial charge in [0.1, 0.15) is 6.04 Å². The topological polar surface area (TPSA) is 81.2 Å². The Bertz CT molecular complexity index is 1170. The molecule has 41 heavy (non-hydrogen) atoms. The van der Waals surface area contributed by atoms with E-state index in [2.05, 4.69) is 20.1 Å². The lowest BCUT2D eigenvalue weighted by Crippen LogP contribution is -2.62. The zero-order valence-electron chi connectivity index (χ0n) is 25.5. The molecule has 2 bridgehead atoms. The predicted molar refractivity (Wildman–Crippen MR) is 166 cm³/mol. The minimum atomic E-state index is -0.780. The van der Waals surface area contributed by atoms with Gasteiger partial charge in [-0.3, -0.25) is 14.4 Å². The van der Waals surface area contributed by atoms with E-state index < -0.39 is 34.2 Å². The molecule has 1 N–H and O–H groups in total. The summed E-state index contributed by atoms with van der Waals surface area (Å²) in [4.78, 5) is 49.2. The van der Waals surface area contributed by atoms with Crippen LogP contribution in [0.25, 0.3) is 0 Å². The molecule has 3 amide bonds. The van der Waals surface area contributed by atoms with E-state index >= 15 is 0 Å². The number of nitrogens with zero attached hydrogens (tertiary/aromatic N) is 3. The summed E-state index contributed by atoms with van der Waals surface area (Å²) in [5, 5.41) is 10.6. The van der Waals surface area contributed by atoms with Crippen LogP contribution in [0.5, 0.6) is 0 Å². The van der Waals surface area contributed by atoms with Crippen LogP contribution in [0, 0.1) is 23.7 Å². The fourth-order valence-electron chi connectivity index (χ4n) is 7.40. The normalized spacial score (nSPS) is 30.1. The first kappa shape index (κ1) is 31.4. The van der Waals surface area contributed by atoms with Crippen molar-refractivity contribution in [1.82, 2.24) is 9.80 Å². The third kappa shape index (κ3) is 5.05. The number of aliphatic hydroxyl groups excluding tert-OH is 1. The van der Waals surface area contributed by atoms with Gasteiger partial charge < -0.3 is 19.8 Å². The highest BCUT2D eigenvalue weighted by molar-refractivity contribution is 8.02. The molecular formula is C33H47N3O4S. The number of benzene rings is 1. The van der Waals surface area contributed by atoms with Gasteiger partial charge in [0.2, 0.25) is 17.7 Å². The third-order valence-corrected chi connectivity index (χ3v) is 11.7. The lowest BCUT2D eigenvalue weighted by Gasteiger charge is -2.45. The first-order valence-corrected chi connectivity index (χ1v) is 15.8. The first-order valence-electron chi connectivity index (χ1n) is 14.9. The number of carbonyl (C=O) groups is 3. The van der Waals surface area contributed by atoms with Crippen LogP contribution in [0.15, 0.2) is 55.6 Å². The summed E-state index contributed by atoms with van der Waals surface area (Å²) in [5.74, 6) is -1.61.